The maximum Gasteiger partial charge on any atom is 0.248 e. The molecule has 10 nitrogen and oxygen atoms in total. The van der Waals surface area contributed by atoms with E-state index in [9.17, 15) is 19.5 Å². The third-order valence-electron chi connectivity index (χ3n) is 6.79. The van der Waals surface area contributed by atoms with Gasteiger partial charge in [-0.05, 0) is 22.1 Å². The van der Waals surface area contributed by atoms with Crippen LogP contribution in [-0.4, -0.2) is 67.5 Å². The molecule has 0 aliphatic carbocycles. The van der Waals surface area contributed by atoms with Gasteiger partial charge in [0.2, 0.25) is 17.7 Å². The number of benzene rings is 2. The summed E-state index contributed by atoms with van der Waals surface area (Å²) in [6.45, 7) is 5.68. The lowest BCUT2D eigenvalue weighted by Crippen LogP contribution is -2.54. The van der Waals surface area contributed by atoms with Crippen molar-refractivity contribution in [1.82, 2.24) is 25.2 Å². The highest BCUT2D eigenvalue weighted by atomic mass is 16.3. The Kier molecular flexibility index (Phi) is 7.91. The van der Waals surface area contributed by atoms with E-state index in [0.29, 0.717) is 0 Å². The van der Waals surface area contributed by atoms with Crippen molar-refractivity contribution in [2.75, 3.05) is 6.54 Å². The number of hydrogen-bond acceptors (Lipinski definition) is 6. The van der Waals surface area contributed by atoms with Crippen molar-refractivity contribution in [3.63, 3.8) is 0 Å². The average Bonchev–Trinajstić information content (AvgIpc) is 3.53. The molecule has 0 saturated carbocycles. The first-order chi connectivity index (χ1) is 18.0. The van der Waals surface area contributed by atoms with E-state index in [1.165, 1.54) is 15.8 Å². The zero-order valence-corrected chi connectivity index (χ0v) is 21.8. The molecule has 0 radical (unpaired) electrons. The van der Waals surface area contributed by atoms with E-state index in [-0.39, 0.29) is 25.3 Å². The Morgan fingerprint density at radius 2 is 1.74 bits per heavy atom. The highest BCUT2D eigenvalue weighted by Gasteiger charge is 2.45. The minimum absolute atomic E-state index is 0.000380. The number of nitrogens with zero attached hydrogens (tertiary/aromatic N) is 4. The minimum Gasteiger partial charge on any atom is -0.391 e. The molecule has 2 unspecified atom stereocenters. The predicted octanol–water partition coefficient (Wildman–Crippen LogP) is 1.71. The van der Waals surface area contributed by atoms with E-state index in [1.54, 1.807) is 6.20 Å². The highest BCUT2D eigenvalue weighted by Crippen LogP contribution is 2.34. The molecule has 1 aromatic heterocycles. The van der Waals surface area contributed by atoms with Crippen molar-refractivity contribution in [3.05, 3.63) is 72.6 Å². The predicted molar refractivity (Wildman–Crippen MR) is 141 cm³/mol. The van der Waals surface area contributed by atoms with Crippen molar-refractivity contribution >= 4 is 17.7 Å². The molecule has 0 bridgehead atoms. The number of primary amides is 1. The normalized spacial score (nSPS) is 19.1. The summed E-state index contributed by atoms with van der Waals surface area (Å²) in [6, 6.07) is 14.9. The van der Waals surface area contributed by atoms with Crippen LogP contribution in [0.1, 0.15) is 38.8 Å². The van der Waals surface area contributed by atoms with Crippen LogP contribution in [0.5, 0.6) is 0 Å². The van der Waals surface area contributed by atoms with Crippen molar-refractivity contribution in [3.8, 4) is 11.1 Å². The second kappa shape index (κ2) is 11.1. The average molecular weight is 519 g/mol. The summed E-state index contributed by atoms with van der Waals surface area (Å²) in [7, 11) is 0. The molecule has 10 heteroatoms. The van der Waals surface area contributed by atoms with Crippen molar-refractivity contribution in [2.24, 2.45) is 11.1 Å². The Balaban J connectivity index is 1.49. The van der Waals surface area contributed by atoms with Crippen LogP contribution in [0.2, 0.25) is 0 Å². The van der Waals surface area contributed by atoms with Crippen LogP contribution in [0, 0.1) is 5.41 Å². The highest BCUT2D eigenvalue weighted by molar-refractivity contribution is 5.93. The lowest BCUT2D eigenvalue weighted by Gasteiger charge is -2.34. The quantitative estimate of drug-likeness (QED) is 0.414. The maximum atomic E-state index is 13.7. The molecule has 3 amide bonds. The van der Waals surface area contributed by atoms with Gasteiger partial charge in [-0.25, -0.2) is 4.68 Å². The zero-order valence-electron chi connectivity index (χ0n) is 21.8. The number of carbonyl (C=O) groups excluding carboxylic acids is 3. The summed E-state index contributed by atoms with van der Waals surface area (Å²) in [5, 5.41) is 20.9. The monoisotopic (exact) mass is 518 g/mol. The third-order valence-corrected chi connectivity index (χ3v) is 6.79. The molecule has 4 N–H and O–H groups in total. The van der Waals surface area contributed by atoms with E-state index in [4.69, 9.17) is 5.73 Å². The first-order valence-electron chi connectivity index (χ1n) is 12.6. The summed E-state index contributed by atoms with van der Waals surface area (Å²) in [6.07, 6.45) is 2.47. The van der Waals surface area contributed by atoms with E-state index in [0.717, 1.165) is 16.7 Å². The molecule has 1 fully saturated rings. The van der Waals surface area contributed by atoms with Crippen LogP contribution in [0.3, 0.4) is 0 Å². The van der Waals surface area contributed by atoms with Crippen molar-refractivity contribution in [1.29, 1.82) is 0 Å². The van der Waals surface area contributed by atoms with Gasteiger partial charge >= 0.3 is 0 Å². The number of amides is 3. The molecule has 3 aromatic rings. The number of aliphatic hydroxyl groups excluding tert-OH is 1. The molecular formula is C28H34N6O4. The molecular weight excluding hydrogens is 484 g/mol. The van der Waals surface area contributed by atoms with Gasteiger partial charge in [-0.15, -0.1) is 5.10 Å². The summed E-state index contributed by atoms with van der Waals surface area (Å²) >= 11 is 0. The molecule has 38 heavy (non-hydrogen) atoms. The molecule has 1 aliphatic rings. The SMILES string of the molecule is CC(C)(C)C(C(=O)N1C[C@H](O)C[C@H]1C(=O)NC(Cc1ccc(-c2ccccc2)cc1)C(N)=O)n1ccnn1. The van der Waals surface area contributed by atoms with Crippen LogP contribution >= 0.6 is 0 Å². The number of carbonyl (C=O) groups is 3. The standard InChI is InChI=1S/C28H34N6O4/c1-28(2,3)24(34-14-13-30-32-34)27(38)33-17-21(35)16-23(33)26(37)31-22(25(29)36)15-18-9-11-20(12-10-18)19-7-5-4-6-8-19/h4-14,21-24,35H,15-17H2,1-3H3,(H2,29,36)(H,31,37)/t21-,22?,23+,24?/m1/s1. The maximum absolute atomic E-state index is 13.7. The Hall–Kier alpha value is -4.05. The van der Waals surface area contributed by atoms with Crippen molar-refractivity contribution < 1.29 is 19.5 Å². The summed E-state index contributed by atoms with van der Waals surface area (Å²) in [5.41, 5.74) is 8.03. The van der Waals surface area contributed by atoms with Gasteiger partial charge in [0.15, 0.2) is 0 Å². The zero-order chi connectivity index (χ0) is 27.4. The number of rotatable bonds is 8. The van der Waals surface area contributed by atoms with Crippen LogP contribution < -0.4 is 11.1 Å². The minimum atomic E-state index is -0.978. The van der Waals surface area contributed by atoms with Gasteiger partial charge in [0, 0.05) is 25.6 Å². The molecule has 1 aliphatic heterocycles. The van der Waals surface area contributed by atoms with Crippen LogP contribution in [0.25, 0.3) is 11.1 Å². The van der Waals surface area contributed by atoms with Gasteiger partial charge in [-0.2, -0.15) is 0 Å². The second-order valence-electron chi connectivity index (χ2n) is 10.8. The summed E-state index contributed by atoms with van der Waals surface area (Å²) in [4.78, 5) is 40.7. The Morgan fingerprint density at radius 3 is 2.32 bits per heavy atom. The van der Waals surface area contributed by atoms with E-state index < -0.39 is 41.5 Å². The lowest BCUT2D eigenvalue weighted by atomic mass is 9.85. The molecule has 4 atom stereocenters. The number of β-amino-alcohol motifs (C(OH)–C–C–N with tert-alkyl or cyclic N) is 1. The first-order valence-corrected chi connectivity index (χ1v) is 12.6. The van der Waals surface area contributed by atoms with Crippen LogP contribution in [0.15, 0.2) is 67.0 Å². The largest absolute Gasteiger partial charge is 0.391 e. The van der Waals surface area contributed by atoms with E-state index >= 15 is 0 Å². The van der Waals surface area contributed by atoms with Gasteiger partial charge in [0.25, 0.3) is 0 Å². The first kappa shape index (κ1) is 27.0. The number of aliphatic hydroxyl groups is 1. The number of likely N-dealkylation sites (tertiary alicyclic amines) is 1. The van der Waals surface area contributed by atoms with Gasteiger partial charge in [0.05, 0.1) is 12.3 Å². The fourth-order valence-electron chi connectivity index (χ4n) is 4.89. The summed E-state index contributed by atoms with van der Waals surface area (Å²) < 4.78 is 1.47. The second-order valence-corrected chi connectivity index (χ2v) is 10.8. The summed E-state index contributed by atoms with van der Waals surface area (Å²) in [5.74, 6) is -1.57. The Bertz CT molecular complexity index is 1250. The molecule has 200 valence electrons. The fraction of sp³-hybridized carbons (Fsp3) is 0.393. The molecule has 1 saturated heterocycles. The van der Waals surface area contributed by atoms with Crippen LogP contribution in [0.4, 0.5) is 0 Å². The lowest BCUT2D eigenvalue weighted by molar-refractivity contribution is -0.144. The smallest absolute Gasteiger partial charge is 0.248 e. The Morgan fingerprint density at radius 1 is 1.08 bits per heavy atom. The van der Waals surface area contributed by atoms with E-state index in [1.807, 2.05) is 75.4 Å². The number of hydrogen-bond donors (Lipinski definition) is 3. The number of nitrogens with one attached hydrogen (secondary N) is 1. The number of aromatic nitrogens is 3. The fourth-order valence-corrected chi connectivity index (χ4v) is 4.89. The Labute approximate surface area is 221 Å². The van der Waals surface area contributed by atoms with Gasteiger partial charge < -0.3 is 21.1 Å². The number of nitrogens with two attached hydrogens (primary N) is 1. The van der Waals surface area contributed by atoms with Gasteiger partial charge in [-0.1, -0.05) is 80.6 Å². The third kappa shape index (κ3) is 6.08. The molecule has 2 heterocycles. The van der Waals surface area contributed by atoms with Gasteiger partial charge in [0.1, 0.15) is 18.1 Å². The molecule has 2 aromatic carbocycles. The van der Waals surface area contributed by atoms with Gasteiger partial charge in [-0.3, -0.25) is 14.4 Å². The molecule has 0 spiro atoms. The van der Waals surface area contributed by atoms with Crippen molar-refractivity contribution in [2.45, 2.75) is 57.8 Å². The van der Waals surface area contributed by atoms with E-state index in [2.05, 4.69) is 15.6 Å². The topological polar surface area (TPSA) is 143 Å². The molecule has 4 rings (SSSR count). The van der Waals surface area contributed by atoms with Crippen LogP contribution in [-0.2, 0) is 20.8 Å².